The predicted molar refractivity (Wildman–Crippen MR) is 64.3 cm³/mol. The van der Waals surface area contributed by atoms with Crippen molar-refractivity contribution in [2.75, 3.05) is 12.9 Å². The van der Waals surface area contributed by atoms with Crippen LogP contribution in [-0.2, 0) is 19.6 Å². The predicted octanol–water partition coefficient (Wildman–Crippen LogP) is 0.440. The average Bonchev–Trinajstić information content (AvgIpc) is 2.22. The highest BCUT2D eigenvalue weighted by Gasteiger charge is 2.28. The van der Waals surface area contributed by atoms with Crippen LogP contribution < -0.4 is 4.72 Å². The van der Waals surface area contributed by atoms with Crippen molar-refractivity contribution in [3.05, 3.63) is 0 Å². The van der Waals surface area contributed by atoms with Gasteiger partial charge in [0.1, 0.15) is 6.04 Å². The Morgan fingerprint density at radius 2 is 1.94 bits per heavy atom. The van der Waals surface area contributed by atoms with Gasteiger partial charge < -0.3 is 9.84 Å². The first-order valence-electron chi connectivity index (χ1n) is 5.49. The molecule has 6 nitrogen and oxygen atoms in total. The Balaban J connectivity index is 4.67. The molecule has 0 fully saturated rings. The topological polar surface area (TPSA) is 92.7 Å². The lowest BCUT2D eigenvalue weighted by Gasteiger charge is -2.20. The number of nitrogens with one attached hydrogen (secondary N) is 1. The Morgan fingerprint density at radius 1 is 1.41 bits per heavy atom. The molecule has 17 heavy (non-hydrogen) atoms. The van der Waals surface area contributed by atoms with Crippen molar-refractivity contribution >= 4 is 16.0 Å². The number of hydrogen-bond acceptors (Lipinski definition) is 4. The molecule has 0 saturated carbocycles. The van der Waals surface area contributed by atoms with Crippen molar-refractivity contribution in [3.8, 4) is 0 Å². The van der Waals surface area contributed by atoms with Crippen molar-refractivity contribution in [1.29, 1.82) is 0 Å². The normalized spacial score (nSPS) is 15.8. The zero-order valence-electron chi connectivity index (χ0n) is 10.6. The number of sulfonamides is 1. The third-order valence-corrected chi connectivity index (χ3v) is 3.86. The molecule has 0 aromatic carbocycles. The minimum Gasteiger partial charge on any atom is -0.480 e. The summed E-state index contributed by atoms with van der Waals surface area (Å²) < 4.78 is 30.6. The maximum Gasteiger partial charge on any atom is 0.321 e. The first-order valence-corrected chi connectivity index (χ1v) is 7.14. The van der Waals surface area contributed by atoms with Crippen molar-refractivity contribution in [3.63, 3.8) is 0 Å². The van der Waals surface area contributed by atoms with Gasteiger partial charge in [-0.2, -0.15) is 0 Å². The monoisotopic (exact) mass is 267 g/mol. The summed E-state index contributed by atoms with van der Waals surface area (Å²) in [5.41, 5.74) is 0. The molecule has 7 heteroatoms. The van der Waals surface area contributed by atoms with Crippen LogP contribution >= 0.6 is 0 Å². The SMILES string of the molecule is CCC(CS(=O)(=O)NC(C(=O)O)C(C)C)OC. The summed E-state index contributed by atoms with van der Waals surface area (Å²) in [5, 5.41) is 8.90. The lowest BCUT2D eigenvalue weighted by atomic mass is 10.1. The van der Waals surface area contributed by atoms with Gasteiger partial charge >= 0.3 is 5.97 Å². The fourth-order valence-electron chi connectivity index (χ4n) is 1.31. The molecule has 0 heterocycles. The van der Waals surface area contributed by atoms with E-state index in [0.717, 1.165) is 0 Å². The number of methoxy groups -OCH3 is 1. The lowest BCUT2D eigenvalue weighted by molar-refractivity contribution is -0.140. The molecular formula is C10H21NO5S. The van der Waals surface area contributed by atoms with Gasteiger partial charge in [0.05, 0.1) is 11.9 Å². The van der Waals surface area contributed by atoms with Gasteiger partial charge in [0.2, 0.25) is 10.0 Å². The molecule has 0 rings (SSSR count). The molecule has 2 atom stereocenters. The van der Waals surface area contributed by atoms with Crippen LogP contribution in [0.4, 0.5) is 0 Å². The van der Waals surface area contributed by atoms with E-state index in [-0.39, 0.29) is 11.7 Å². The molecule has 102 valence electrons. The second-order valence-electron chi connectivity index (χ2n) is 4.23. The summed E-state index contributed by atoms with van der Waals surface area (Å²) in [4.78, 5) is 10.9. The Morgan fingerprint density at radius 3 is 2.24 bits per heavy atom. The largest absolute Gasteiger partial charge is 0.480 e. The van der Waals surface area contributed by atoms with Crippen LogP contribution in [0.3, 0.4) is 0 Å². The van der Waals surface area contributed by atoms with Crippen LogP contribution in [0.25, 0.3) is 0 Å². The smallest absolute Gasteiger partial charge is 0.321 e. The van der Waals surface area contributed by atoms with Crippen LogP contribution in [0.2, 0.25) is 0 Å². The molecule has 0 amide bonds. The second kappa shape index (κ2) is 6.93. The molecule has 0 bridgehead atoms. The number of rotatable bonds is 8. The molecular weight excluding hydrogens is 246 g/mol. The van der Waals surface area contributed by atoms with E-state index >= 15 is 0 Å². The highest BCUT2D eigenvalue weighted by molar-refractivity contribution is 7.89. The first kappa shape index (κ1) is 16.3. The first-order chi connectivity index (χ1) is 7.73. The quantitative estimate of drug-likeness (QED) is 0.665. The molecule has 0 aromatic heterocycles. The molecule has 0 spiro atoms. The summed E-state index contributed by atoms with van der Waals surface area (Å²) in [6.45, 7) is 5.10. The molecule has 0 aliphatic rings. The molecule has 0 aromatic rings. The van der Waals surface area contributed by atoms with Gasteiger partial charge in [-0.05, 0) is 12.3 Å². The Hall–Kier alpha value is -0.660. The van der Waals surface area contributed by atoms with Gasteiger partial charge in [-0.25, -0.2) is 13.1 Å². The number of ether oxygens (including phenoxy) is 1. The second-order valence-corrected chi connectivity index (χ2v) is 6.02. The minimum atomic E-state index is -3.65. The van der Waals surface area contributed by atoms with Crippen molar-refractivity contribution in [1.82, 2.24) is 4.72 Å². The van der Waals surface area contributed by atoms with Gasteiger partial charge in [-0.1, -0.05) is 20.8 Å². The van der Waals surface area contributed by atoms with Gasteiger partial charge in [-0.3, -0.25) is 4.79 Å². The fourth-order valence-corrected chi connectivity index (χ4v) is 3.03. The van der Waals surface area contributed by atoms with Crippen LogP contribution in [0.1, 0.15) is 27.2 Å². The third-order valence-electron chi connectivity index (χ3n) is 2.43. The molecule has 0 saturated heterocycles. The summed E-state index contributed by atoms with van der Waals surface area (Å²) in [5.74, 6) is -1.71. The summed E-state index contributed by atoms with van der Waals surface area (Å²) >= 11 is 0. The zero-order valence-corrected chi connectivity index (χ0v) is 11.5. The number of carboxylic acids is 1. The van der Waals surface area contributed by atoms with Crippen LogP contribution in [0.5, 0.6) is 0 Å². The summed E-state index contributed by atoms with van der Waals surface area (Å²) in [7, 11) is -2.22. The van der Waals surface area contributed by atoms with Crippen LogP contribution in [0.15, 0.2) is 0 Å². The zero-order chi connectivity index (χ0) is 13.6. The molecule has 2 N–H and O–H groups in total. The van der Waals surface area contributed by atoms with E-state index in [0.29, 0.717) is 6.42 Å². The van der Waals surface area contributed by atoms with E-state index in [9.17, 15) is 13.2 Å². The Kier molecular flexibility index (Phi) is 6.66. The van der Waals surface area contributed by atoms with Gasteiger partial charge in [-0.15, -0.1) is 0 Å². The maximum atomic E-state index is 11.7. The van der Waals surface area contributed by atoms with Gasteiger partial charge in [0.25, 0.3) is 0 Å². The number of aliphatic carboxylic acids is 1. The maximum absolute atomic E-state index is 11.7. The third kappa shape index (κ3) is 5.99. The Labute approximate surface area is 102 Å². The van der Waals surface area contributed by atoms with E-state index in [4.69, 9.17) is 9.84 Å². The fraction of sp³-hybridized carbons (Fsp3) is 0.900. The van der Waals surface area contributed by atoms with Crippen molar-refractivity contribution in [2.24, 2.45) is 5.92 Å². The van der Waals surface area contributed by atoms with E-state index in [1.807, 2.05) is 0 Å². The number of hydrogen-bond donors (Lipinski definition) is 2. The Bertz CT molecular complexity index is 335. The number of carboxylic acid groups (broad SMARTS) is 1. The molecule has 0 aliphatic heterocycles. The average molecular weight is 267 g/mol. The van der Waals surface area contributed by atoms with E-state index < -0.39 is 28.1 Å². The number of carbonyl (C=O) groups is 1. The van der Waals surface area contributed by atoms with Gasteiger partial charge in [0, 0.05) is 7.11 Å². The minimum absolute atomic E-state index is 0.226. The highest BCUT2D eigenvalue weighted by atomic mass is 32.2. The summed E-state index contributed by atoms with van der Waals surface area (Å²) in [6.07, 6.45) is 0.130. The van der Waals surface area contributed by atoms with Crippen molar-refractivity contribution < 1.29 is 23.1 Å². The molecule has 0 aliphatic carbocycles. The van der Waals surface area contributed by atoms with Crippen LogP contribution in [0, 0.1) is 5.92 Å². The lowest BCUT2D eigenvalue weighted by Crippen LogP contribution is -2.46. The van der Waals surface area contributed by atoms with E-state index in [1.54, 1.807) is 20.8 Å². The standard InChI is InChI=1S/C10H21NO5S/c1-5-8(16-4)6-17(14,15)11-9(7(2)3)10(12)13/h7-9,11H,5-6H2,1-4H3,(H,12,13). The van der Waals surface area contributed by atoms with E-state index in [2.05, 4.69) is 4.72 Å². The highest BCUT2D eigenvalue weighted by Crippen LogP contribution is 2.06. The summed E-state index contributed by atoms with van der Waals surface area (Å²) in [6, 6.07) is -1.10. The van der Waals surface area contributed by atoms with Gasteiger partial charge in [0.15, 0.2) is 0 Å². The molecule has 2 unspecified atom stereocenters. The van der Waals surface area contributed by atoms with Crippen LogP contribution in [-0.4, -0.2) is 44.5 Å². The van der Waals surface area contributed by atoms with E-state index in [1.165, 1.54) is 7.11 Å². The molecule has 0 radical (unpaired) electrons. The van der Waals surface area contributed by atoms with Crippen molar-refractivity contribution in [2.45, 2.75) is 39.3 Å².